The quantitative estimate of drug-likeness (QED) is 0.719. The maximum atomic E-state index is 5.46. The Morgan fingerprint density at radius 3 is 2.48 bits per heavy atom. The minimum absolute atomic E-state index is 0.799. The van der Waals surface area contributed by atoms with Crippen LogP contribution in [0.2, 0.25) is 0 Å². The van der Waals surface area contributed by atoms with E-state index in [9.17, 15) is 0 Å². The first-order valence-electron chi connectivity index (χ1n) is 8.79. The molecule has 3 heterocycles. The summed E-state index contributed by atoms with van der Waals surface area (Å²) in [6, 6.07) is 8.75. The summed E-state index contributed by atoms with van der Waals surface area (Å²) in [6.45, 7) is 9.80. The van der Waals surface area contributed by atoms with Crippen molar-refractivity contribution in [1.29, 1.82) is 0 Å². The zero-order valence-electron chi connectivity index (χ0n) is 15.3. The Labute approximate surface area is 148 Å². The predicted octanol–water partition coefficient (Wildman–Crippen LogP) is 3.40. The highest BCUT2D eigenvalue weighted by atomic mass is 16.5. The molecule has 0 N–H and O–H groups in total. The van der Waals surface area contributed by atoms with Gasteiger partial charge in [-0.3, -0.25) is 4.68 Å². The second-order valence-electron chi connectivity index (χ2n) is 6.79. The average Bonchev–Trinajstić information content (AvgIpc) is 2.87. The Kier molecular flexibility index (Phi) is 3.96. The van der Waals surface area contributed by atoms with E-state index in [-0.39, 0.29) is 0 Å². The fraction of sp³-hybridized carbons (Fsp3) is 0.400. The lowest BCUT2D eigenvalue weighted by Crippen LogP contribution is -2.36. The fourth-order valence-electron chi connectivity index (χ4n) is 3.67. The minimum atomic E-state index is 0.799. The lowest BCUT2D eigenvalue weighted by atomic mass is 10.0. The molecule has 1 aliphatic rings. The minimum Gasteiger partial charge on any atom is -0.378 e. The molecule has 3 aromatic rings. The van der Waals surface area contributed by atoms with E-state index in [0.717, 1.165) is 54.5 Å². The highest BCUT2D eigenvalue weighted by Gasteiger charge is 2.16. The number of aryl methyl sites for hydroxylation is 3. The Bertz CT molecular complexity index is 939. The topological polar surface area (TPSA) is 43.2 Å². The molecule has 1 fully saturated rings. The monoisotopic (exact) mass is 336 g/mol. The van der Waals surface area contributed by atoms with Crippen LogP contribution in [0.25, 0.3) is 22.2 Å². The van der Waals surface area contributed by atoms with Crippen molar-refractivity contribution in [2.75, 3.05) is 31.2 Å². The Morgan fingerprint density at radius 1 is 1.04 bits per heavy atom. The summed E-state index contributed by atoms with van der Waals surface area (Å²) in [5.41, 5.74) is 7.86. The van der Waals surface area contributed by atoms with Crippen molar-refractivity contribution in [2.45, 2.75) is 20.8 Å². The number of morpholine rings is 1. The van der Waals surface area contributed by atoms with Gasteiger partial charge in [0.15, 0.2) is 0 Å². The Morgan fingerprint density at radius 2 is 1.80 bits per heavy atom. The normalized spacial score (nSPS) is 15.1. The summed E-state index contributed by atoms with van der Waals surface area (Å²) in [4.78, 5) is 7.31. The number of hydrogen-bond acceptors (Lipinski definition) is 4. The van der Waals surface area contributed by atoms with Crippen LogP contribution in [0.1, 0.15) is 17.0 Å². The standard InChI is InChI=1S/C20H24N4O/c1-13-11-19(20-14(2)22-23(4)15(20)3)21-18-6-5-16(12-17(13)18)24-7-9-25-10-8-24/h5-6,11-12H,7-10H2,1-4H3. The average molecular weight is 336 g/mol. The summed E-state index contributed by atoms with van der Waals surface area (Å²) >= 11 is 0. The van der Waals surface area contributed by atoms with E-state index < -0.39 is 0 Å². The Hall–Kier alpha value is -2.40. The largest absolute Gasteiger partial charge is 0.378 e. The summed E-state index contributed by atoms with van der Waals surface area (Å²) < 4.78 is 7.38. The predicted molar refractivity (Wildman–Crippen MR) is 101 cm³/mol. The number of hydrogen-bond donors (Lipinski definition) is 0. The summed E-state index contributed by atoms with van der Waals surface area (Å²) in [5.74, 6) is 0. The van der Waals surface area contributed by atoms with E-state index in [1.807, 2.05) is 18.7 Å². The van der Waals surface area contributed by atoms with Crippen LogP contribution in [0.4, 0.5) is 5.69 Å². The van der Waals surface area contributed by atoms with Gasteiger partial charge in [0, 0.05) is 42.5 Å². The lowest BCUT2D eigenvalue weighted by molar-refractivity contribution is 0.122. The number of rotatable bonds is 2. The molecule has 0 bridgehead atoms. The number of ether oxygens (including phenoxy) is 1. The first kappa shape index (κ1) is 16.1. The maximum absolute atomic E-state index is 5.46. The van der Waals surface area contributed by atoms with Crippen LogP contribution < -0.4 is 4.90 Å². The molecule has 5 nitrogen and oxygen atoms in total. The third-order valence-electron chi connectivity index (χ3n) is 5.14. The molecule has 1 aliphatic heterocycles. The number of aromatic nitrogens is 3. The SMILES string of the molecule is Cc1nn(C)c(C)c1-c1cc(C)c2cc(N3CCOCC3)ccc2n1. The molecule has 2 aromatic heterocycles. The van der Waals surface area contributed by atoms with E-state index in [0.29, 0.717) is 0 Å². The third-order valence-corrected chi connectivity index (χ3v) is 5.14. The van der Waals surface area contributed by atoms with Crippen molar-refractivity contribution in [3.63, 3.8) is 0 Å². The van der Waals surface area contributed by atoms with Crippen LogP contribution in [0, 0.1) is 20.8 Å². The molecule has 4 rings (SSSR count). The number of pyridine rings is 1. The van der Waals surface area contributed by atoms with Crippen molar-refractivity contribution in [1.82, 2.24) is 14.8 Å². The van der Waals surface area contributed by atoms with Gasteiger partial charge in [-0.05, 0) is 50.6 Å². The Balaban J connectivity index is 1.80. The van der Waals surface area contributed by atoms with E-state index >= 15 is 0 Å². The van der Waals surface area contributed by atoms with Gasteiger partial charge in [0.1, 0.15) is 0 Å². The molecule has 0 saturated carbocycles. The van der Waals surface area contributed by atoms with E-state index in [1.54, 1.807) is 0 Å². The summed E-state index contributed by atoms with van der Waals surface area (Å²) in [7, 11) is 1.98. The van der Waals surface area contributed by atoms with Gasteiger partial charge in [-0.2, -0.15) is 5.10 Å². The second-order valence-corrected chi connectivity index (χ2v) is 6.79. The maximum Gasteiger partial charge on any atom is 0.0749 e. The lowest BCUT2D eigenvalue weighted by Gasteiger charge is -2.29. The first-order chi connectivity index (χ1) is 12.0. The molecule has 5 heteroatoms. The fourth-order valence-corrected chi connectivity index (χ4v) is 3.67. The van der Waals surface area contributed by atoms with Crippen LogP contribution in [0.15, 0.2) is 24.3 Å². The van der Waals surface area contributed by atoms with Crippen LogP contribution in [0.3, 0.4) is 0 Å². The van der Waals surface area contributed by atoms with Gasteiger partial charge in [-0.25, -0.2) is 4.98 Å². The number of benzene rings is 1. The van der Waals surface area contributed by atoms with Crippen LogP contribution in [0.5, 0.6) is 0 Å². The third kappa shape index (κ3) is 2.78. The van der Waals surface area contributed by atoms with Gasteiger partial charge < -0.3 is 9.64 Å². The molecule has 0 unspecified atom stereocenters. The molecule has 0 aliphatic carbocycles. The van der Waals surface area contributed by atoms with Gasteiger partial charge in [-0.1, -0.05) is 0 Å². The van der Waals surface area contributed by atoms with Crippen molar-refractivity contribution in [3.8, 4) is 11.3 Å². The van der Waals surface area contributed by atoms with Crippen molar-refractivity contribution in [3.05, 3.63) is 41.2 Å². The van der Waals surface area contributed by atoms with Crippen LogP contribution >= 0.6 is 0 Å². The van der Waals surface area contributed by atoms with Gasteiger partial charge in [-0.15, -0.1) is 0 Å². The zero-order chi connectivity index (χ0) is 17.6. The number of nitrogens with zero attached hydrogens (tertiary/aromatic N) is 4. The molecular weight excluding hydrogens is 312 g/mol. The van der Waals surface area contributed by atoms with E-state index in [1.165, 1.54) is 16.6 Å². The highest BCUT2D eigenvalue weighted by Crippen LogP contribution is 2.30. The zero-order valence-corrected chi connectivity index (χ0v) is 15.3. The van der Waals surface area contributed by atoms with Crippen LogP contribution in [-0.2, 0) is 11.8 Å². The molecule has 0 radical (unpaired) electrons. The van der Waals surface area contributed by atoms with Gasteiger partial charge in [0.05, 0.1) is 30.1 Å². The number of fused-ring (bicyclic) bond motifs is 1. The van der Waals surface area contributed by atoms with Crippen molar-refractivity contribution in [2.24, 2.45) is 7.05 Å². The van der Waals surface area contributed by atoms with E-state index in [4.69, 9.17) is 9.72 Å². The molecule has 1 saturated heterocycles. The molecule has 0 atom stereocenters. The molecule has 25 heavy (non-hydrogen) atoms. The smallest absolute Gasteiger partial charge is 0.0749 e. The summed E-state index contributed by atoms with van der Waals surface area (Å²) in [5, 5.41) is 5.74. The summed E-state index contributed by atoms with van der Waals surface area (Å²) in [6.07, 6.45) is 0. The molecule has 1 aromatic carbocycles. The molecule has 130 valence electrons. The highest BCUT2D eigenvalue weighted by molar-refractivity contribution is 5.88. The van der Waals surface area contributed by atoms with E-state index in [2.05, 4.69) is 48.1 Å². The van der Waals surface area contributed by atoms with Gasteiger partial charge in [0.25, 0.3) is 0 Å². The molecule has 0 spiro atoms. The molecular formula is C20H24N4O. The number of anilines is 1. The molecule has 0 amide bonds. The second kappa shape index (κ2) is 6.15. The van der Waals surface area contributed by atoms with Crippen LogP contribution in [-0.4, -0.2) is 41.1 Å². The van der Waals surface area contributed by atoms with Crippen molar-refractivity contribution < 1.29 is 4.74 Å². The van der Waals surface area contributed by atoms with Crippen molar-refractivity contribution >= 4 is 16.6 Å². The van der Waals surface area contributed by atoms with Gasteiger partial charge in [0.2, 0.25) is 0 Å². The first-order valence-corrected chi connectivity index (χ1v) is 8.79. The van der Waals surface area contributed by atoms with Gasteiger partial charge >= 0.3 is 0 Å².